The molecule has 0 radical (unpaired) electrons. The zero-order valence-corrected chi connectivity index (χ0v) is 12.9. The zero-order chi connectivity index (χ0) is 15.9. The number of hydrogen-bond donors (Lipinski definition) is 1. The van der Waals surface area contributed by atoms with Gasteiger partial charge in [-0.15, -0.1) is 0 Å². The molecule has 0 aliphatic carbocycles. The molecule has 7 heteroatoms. The molecular formula is C16H20N4O3. The van der Waals surface area contributed by atoms with Crippen LogP contribution in [0.5, 0.6) is 5.75 Å². The second-order valence-corrected chi connectivity index (χ2v) is 5.40. The number of para-hydroxylation sites is 1. The number of aromatic amines is 1. The van der Waals surface area contributed by atoms with Crippen LogP contribution in [0.15, 0.2) is 36.5 Å². The van der Waals surface area contributed by atoms with E-state index < -0.39 is 0 Å². The first-order valence-electron chi connectivity index (χ1n) is 7.77. The van der Waals surface area contributed by atoms with Gasteiger partial charge in [-0.25, -0.2) is 0 Å². The molecule has 1 aromatic carbocycles. The molecule has 0 bridgehead atoms. The van der Waals surface area contributed by atoms with Crippen molar-refractivity contribution in [3.8, 4) is 5.75 Å². The van der Waals surface area contributed by atoms with Crippen LogP contribution in [0.4, 0.5) is 0 Å². The van der Waals surface area contributed by atoms with Gasteiger partial charge in [-0.05, 0) is 25.0 Å². The molecule has 3 rings (SSSR count). The van der Waals surface area contributed by atoms with Gasteiger partial charge in [0.05, 0.1) is 18.8 Å². The molecular weight excluding hydrogens is 296 g/mol. The summed E-state index contributed by atoms with van der Waals surface area (Å²) in [6, 6.07) is 9.55. The van der Waals surface area contributed by atoms with Crippen LogP contribution < -0.4 is 4.74 Å². The van der Waals surface area contributed by atoms with Crippen molar-refractivity contribution in [2.75, 3.05) is 26.3 Å². The van der Waals surface area contributed by atoms with Crippen molar-refractivity contribution in [3.05, 3.63) is 42.2 Å². The lowest BCUT2D eigenvalue weighted by atomic mass is 10.2. The lowest BCUT2D eigenvalue weighted by Gasteiger charge is -2.24. The van der Waals surface area contributed by atoms with E-state index >= 15 is 0 Å². The first kappa shape index (κ1) is 15.5. The highest BCUT2D eigenvalue weighted by Crippen LogP contribution is 2.15. The number of hydrogen-bond acceptors (Lipinski definition) is 5. The number of carbonyl (C=O) groups is 1. The monoisotopic (exact) mass is 316 g/mol. The molecule has 1 aliphatic heterocycles. The number of amides is 1. The van der Waals surface area contributed by atoms with Gasteiger partial charge in [0.15, 0.2) is 5.69 Å². The van der Waals surface area contributed by atoms with Gasteiger partial charge < -0.3 is 14.4 Å². The van der Waals surface area contributed by atoms with E-state index in [4.69, 9.17) is 9.47 Å². The van der Waals surface area contributed by atoms with Crippen molar-refractivity contribution in [3.63, 3.8) is 0 Å². The number of nitrogens with zero attached hydrogens (tertiary/aromatic N) is 3. The van der Waals surface area contributed by atoms with Gasteiger partial charge >= 0.3 is 0 Å². The minimum Gasteiger partial charge on any atom is -0.492 e. The molecule has 1 N–H and O–H groups in total. The van der Waals surface area contributed by atoms with Gasteiger partial charge in [0.2, 0.25) is 0 Å². The van der Waals surface area contributed by atoms with E-state index in [9.17, 15) is 4.79 Å². The Labute approximate surface area is 134 Å². The first-order valence-corrected chi connectivity index (χ1v) is 7.77. The van der Waals surface area contributed by atoms with E-state index in [2.05, 4.69) is 15.4 Å². The van der Waals surface area contributed by atoms with Crippen LogP contribution in [0.25, 0.3) is 0 Å². The van der Waals surface area contributed by atoms with Crippen LogP contribution in [0.3, 0.4) is 0 Å². The standard InChI is InChI=1S/C16H20N4O3/c21-16(15-11-17-19-18-15)20(12-14-7-4-9-22-14)8-10-23-13-5-2-1-3-6-13/h1-3,5-6,11,14H,4,7-10,12H2,(H,17,18,19). The molecule has 1 saturated heterocycles. The minimum atomic E-state index is -0.161. The molecule has 1 aromatic heterocycles. The third-order valence-corrected chi connectivity index (χ3v) is 3.74. The highest BCUT2D eigenvalue weighted by atomic mass is 16.5. The molecule has 2 aromatic rings. The SMILES string of the molecule is O=C(c1cn[nH]n1)N(CCOc1ccccc1)CC1CCCO1. The average molecular weight is 316 g/mol. The van der Waals surface area contributed by atoms with E-state index in [0.717, 1.165) is 25.2 Å². The second-order valence-electron chi connectivity index (χ2n) is 5.40. The second kappa shape index (κ2) is 7.73. The summed E-state index contributed by atoms with van der Waals surface area (Å²) in [5.41, 5.74) is 0.308. The average Bonchev–Trinajstić information content (AvgIpc) is 3.28. The summed E-state index contributed by atoms with van der Waals surface area (Å²) in [5.74, 6) is 0.629. The van der Waals surface area contributed by atoms with Crippen molar-refractivity contribution >= 4 is 5.91 Å². The van der Waals surface area contributed by atoms with Gasteiger partial charge in [-0.3, -0.25) is 4.79 Å². The molecule has 23 heavy (non-hydrogen) atoms. The Morgan fingerprint density at radius 2 is 2.26 bits per heavy atom. The van der Waals surface area contributed by atoms with Crippen LogP contribution in [-0.4, -0.2) is 58.6 Å². The normalized spacial score (nSPS) is 17.1. The van der Waals surface area contributed by atoms with E-state index in [0.29, 0.717) is 25.4 Å². The van der Waals surface area contributed by atoms with E-state index in [1.807, 2.05) is 30.3 Å². The zero-order valence-electron chi connectivity index (χ0n) is 12.9. The number of rotatable bonds is 7. The van der Waals surface area contributed by atoms with Crippen molar-refractivity contribution in [1.29, 1.82) is 0 Å². The first-order chi connectivity index (χ1) is 11.3. The Kier molecular flexibility index (Phi) is 5.21. The molecule has 1 aliphatic rings. The summed E-state index contributed by atoms with van der Waals surface area (Å²) < 4.78 is 11.3. The largest absolute Gasteiger partial charge is 0.492 e. The predicted octanol–water partition coefficient (Wildman–Crippen LogP) is 1.50. The lowest BCUT2D eigenvalue weighted by molar-refractivity contribution is 0.0489. The summed E-state index contributed by atoms with van der Waals surface area (Å²) in [6.07, 6.45) is 3.53. The molecule has 1 amide bonds. The van der Waals surface area contributed by atoms with Crippen molar-refractivity contribution < 1.29 is 14.3 Å². The van der Waals surface area contributed by atoms with Crippen LogP contribution in [0.1, 0.15) is 23.3 Å². The number of nitrogens with one attached hydrogen (secondary N) is 1. The van der Waals surface area contributed by atoms with Crippen LogP contribution >= 0.6 is 0 Å². The van der Waals surface area contributed by atoms with Gasteiger partial charge in [-0.2, -0.15) is 15.4 Å². The maximum Gasteiger partial charge on any atom is 0.276 e. The molecule has 1 fully saturated rings. The van der Waals surface area contributed by atoms with Crippen LogP contribution in [0.2, 0.25) is 0 Å². The smallest absolute Gasteiger partial charge is 0.276 e. The Hall–Kier alpha value is -2.41. The summed E-state index contributed by atoms with van der Waals surface area (Å²) >= 11 is 0. The van der Waals surface area contributed by atoms with E-state index in [1.54, 1.807) is 4.90 Å². The number of aromatic nitrogens is 3. The predicted molar refractivity (Wildman–Crippen MR) is 83.2 cm³/mol. The fourth-order valence-corrected chi connectivity index (χ4v) is 2.57. The highest BCUT2D eigenvalue weighted by Gasteiger charge is 2.24. The Balaban J connectivity index is 1.58. The Morgan fingerprint density at radius 3 is 2.96 bits per heavy atom. The van der Waals surface area contributed by atoms with E-state index in [1.165, 1.54) is 6.20 Å². The van der Waals surface area contributed by atoms with Crippen LogP contribution in [0, 0.1) is 0 Å². The van der Waals surface area contributed by atoms with Gasteiger partial charge in [0.1, 0.15) is 12.4 Å². The van der Waals surface area contributed by atoms with Crippen molar-refractivity contribution in [1.82, 2.24) is 20.3 Å². The number of carbonyl (C=O) groups excluding carboxylic acids is 1. The van der Waals surface area contributed by atoms with Crippen molar-refractivity contribution in [2.45, 2.75) is 18.9 Å². The van der Waals surface area contributed by atoms with Crippen molar-refractivity contribution in [2.24, 2.45) is 0 Å². The summed E-state index contributed by atoms with van der Waals surface area (Å²) in [5, 5.41) is 10.0. The van der Waals surface area contributed by atoms with Gasteiger partial charge in [0, 0.05) is 13.2 Å². The quantitative estimate of drug-likeness (QED) is 0.837. The molecule has 1 unspecified atom stereocenters. The minimum absolute atomic E-state index is 0.0857. The molecule has 0 spiro atoms. The van der Waals surface area contributed by atoms with Gasteiger partial charge in [0.25, 0.3) is 5.91 Å². The summed E-state index contributed by atoms with van der Waals surface area (Å²) in [7, 11) is 0. The molecule has 2 heterocycles. The third-order valence-electron chi connectivity index (χ3n) is 3.74. The summed E-state index contributed by atoms with van der Waals surface area (Å²) in [4.78, 5) is 14.2. The Morgan fingerprint density at radius 1 is 1.39 bits per heavy atom. The third kappa shape index (κ3) is 4.29. The van der Waals surface area contributed by atoms with Gasteiger partial charge in [-0.1, -0.05) is 18.2 Å². The molecule has 0 saturated carbocycles. The Bertz CT molecular complexity index is 597. The number of ether oxygens (including phenoxy) is 2. The number of benzene rings is 1. The number of H-pyrrole nitrogens is 1. The molecule has 122 valence electrons. The maximum atomic E-state index is 12.5. The molecule has 7 nitrogen and oxygen atoms in total. The lowest BCUT2D eigenvalue weighted by Crippen LogP contribution is -2.40. The fourth-order valence-electron chi connectivity index (χ4n) is 2.57. The highest BCUT2D eigenvalue weighted by molar-refractivity contribution is 5.91. The van der Waals surface area contributed by atoms with Crippen LogP contribution in [-0.2, 0) is 4.74 Å². The maximum absolute atomic E-state index is 12.5. The fraction of sp³-hybridized carbons (Fsp3) is 0.438. The molecule has 1 atom stereocenters. The van der Waals surface area contributed by atoms with E-state index in [-0.39, 0.29) is 12.0 Å². The topological polar surface area (TPSA) is 80.3 Å². The summed E-state index contributed by atoms with van der Waals surface area (Å²) in [6.45, 7) is 2.20.